The summed E-state index contributed by atoms with van der Waals surface area (Å²) in [7, 11) is -9.15. The molecule has 21 nitrogen and oxygen atoms in total. The molecule has 0 radical (unpaired) electrons. The van der Waals surface area contributed by atoms with Crippen molar-refractivity contribution in [1.29, 1.82) is 0 Å². The number of hydrogen-bond donors (Lipinski definition) is 2. The molecule has 8 aromatic rings. The first-order valence-corrected chi connectivity index (χ1v) is 34.4. The van der Waals surface area contributed by atoms with E-state index in [9.17, 15) is 14.4 Å². The van der Waals surface area contributed by atoms with Gasteiger partial charge in [0.05, 0.1) is 33.0 Å². The predicted octanol–water partition coefficient (Wildman–Crippen LogP) is 14.1. The number of anilines is 1. The number of phosphoric acid groups is 1. The second-order valence-electron chi connectivity index (χ2n) is 22.2. The molecular weight excluding hydrogens is 1240 g/mol. The van der Waals surface area contributed by atoms with Crippen LogP contribution < -0.4 is 16.3 Å². The number of alkyl carbamates (subject to hydrolysis) is 1. The molecule has 2 saturated heterocycles. The SMILES string of the molecule is O=C(Nc1ccn([C@@H]2O[C@H](COP(=O)(OCc3ccccc3)OCc3ccccc3)[C@@H](P(=O)(OCc3ccccc3)OCc3ccccc3)[C@H]2OC2CCCCO2)/c(=N/CCCC[C@H](NC(=O)OCc2ccccc2)C(=O)OCc2ccccc2)n1)OCc1ccccc1. The van der Waals surface area contributed by atoms with Crippen LogP contribution >= 0.6 is 15.4 Å². The summed E-state index contributed by atoms with van der Waals surface area (Å²) < 4.78 is 103. The second-order valence-corrected chi connectivity index (χ2v) is 26.1. The van der Waals surface area contributed by atoms with Crippen LogP contribution in [0.2, 0.25) is 0 Å². The molecular formula is C71H77N5O16P2. The maximum absolute atomic E-state index is 16.6. The Bertz CT molecular complexity index is 3680. The van der Waals surface area contributed by atoms with Crippen molar-refractivity contribution in [3.63, 3.8) is 0 Å². The van der Waals surface area contributed by atoms with E-state index in [0.717, 1.165) is 29.5 Å². The molecule has 0 spiro atoms. The van der Waals surface area contributed by atoms with Crippen molar-refractivity contribution in [2.75, 3.05) is 25.1 Å². The maximum Gasteiger partial charge on any atom is 0.475 e. The summed E-state index contributed by atoms with van der Waals surface area (Å²) in [5.74, 6) is -0.612. The van der Waals surface area contributed by atoms with Gasteiger partial charge in [-0.15, -0.1) is 0 Å². The molecule has 2 aliphatic heterocycles. The lowest BCUT2D eigenvalue weighted by Crippen LogP contribution is -2.42. The van der Waals surface area contributed by atoms with E-state index in [1.165, 1.54) is 6.07 Å². The van der Waals surface area contributed by atoms with Crippen molar-refractivity contribution in [3.05, 3.63) is 269 Å². The van der Waals surface area contributed by atoms with Gasteiger partial charge < -0.3 is 42.8 Å². The quantitative estimate of drug-likeness (QED) is 0.0168. The first-order chi connectivity index (χ1) is 46.0. The Morgan fingerprint density at radius 2 is 1.00 bits per heavy atom. The van der Waals surface area contributed by atoms with Gasteiger partial charge in [-0.05, 0) is 83.5 Å². The molecule has 2 aliphatic rings. The number of unbranched alkanes of at least 4 members (excludes halogenated alkanes) is 1. The highest BCUT2D eigenvalue weighted by Crippen LogP contribution is 2.62. The average Bonchev–Trinajstić information content (AvgIpc) is 1.59. The Morgan fingerprint density at radius 1 is 0.543 bits per heavy atom. The molecule has 492 valence electrons. The molecule has 94 heavy (non-hydrogen) atoms. The fraction of sp³-hybridized carbons (Fsp3) is 0.310. The minimum atomic E-state index is -4.59. The van der Waals surface area contributed by atoms with Crippen LogP contribution in [0.25, 0.3) is 0 Å². The minimum Gasteiger partial charge on any atom is -0.459 e. The van der Waals surface area contributed by atoms with Crippen LogP contribution in [-0.4, -0.2) is 77.7 Å². The van der Waals surface area contributed by atoms with Crippen molar-refractivity contribution in [2.24, 2.45) is 4.99 Å². The Kier molecular flexibility index (Phi) is 26.0. The number of nitrogens with one attached hydrogen (secondary N) is 2. The van der Waals surface area contributed by atoms with Gasteiger partial charge in [0.15, 0.2) is 12.5 Å². The third-order valence-electron chi connectivity index (χ3n) is 15.2. The molecule has 6 atom stereocenters. The first-order valence-electron chi connectivity index (χ1n) is 31.3. The fourth-order valence-corrected chi connectivity index (χ4v) is 13.7. The van der Waals surface area contributed by atoms with Crippen LogP contribution in [0.4, 0.5) is 15.4 Å². The van der Waals surface area contributed by atoms with Gasteiger partial charge in [-0.25, -0.2) is 18.9 Å². The number of carbonyl (C=O) groups excluding carboxylic acids is 3. The lowest BCUT2D eigenvalue weighted by molar-refractivity contribution is -0.205. The number of rotatable bonds is 33. The summed E-state index contributed by atoms with van der Waals surface area (Å²) in [6.45, 7) is -0.843. The standard InChI is InChI=1S/C71H77N5O16P2/c77-68(83-46-54-26-8-1-9-27-54)61(73-70(78)84-47-55-28-10-2-11-29-55)40-22-24-43-72-69-74-63(75-71(79)85-48-56-30-12-3-13-31-56)42-44-76(69)67-65(92-64-41-23-25-45-82-64)66(93(80,86-49-57-32-14-4-15-33-57)87-50-58-34-16-5-17-35-58)62(91-67)53-90-94(81,88-51-59-36-18-6-19-37-59)89-52-60-38-20-7-21-39-60/h1-21,26-39,42,44,61-62,64-67H,22-25,40-41,43,45-53H2,(H,73,78)(H,72,74,75,79)/t61-,62+,64?,65+,66+,67+/m0/s1. The summed E-state index contributed by atoms with van der Waals surface area (Å²) in [5.41, 5.74) is 3.67. The van der Waals surface area contributed by atoms with Crippen molar-refractivity contribution in [3.8, 4) is 0 Å². The summed E-state index contributed by atoms with van der Waals surface area (Å²) in [5, 5.41) is 5.43. The van der Waals surface area contributed by atoms with Gasteiger partial charge in [-0.2, -0.15) is 4.98 Å². The van der Waals surface area contributed by atoms with Gasteiger partial charge in [0.1, 0.15) is 49.5 Å². The van der Waals surface area contributed by atoms with Crippen molar-refractivity contribution < 1.29 is 74.6 Å². The van der Waals surface area contributed by atoms with E-state index < -0.39 is 76.6 Å². The molecule has 2 N–H and O–H groups in total. The van der Waals surface area contributed by atoms with Crippen molar-refractivity contribution >= 4 is 39.4 Å². The number of phosphoric ester groups is 1. The molecule has 0 saturated carbocycles. The molecule has 23 heteroatoms. The molecule has 1 unspecified atom stereocenters. The van der Waals surface area contributed by atoms with E-state index in [1.54, 1.807) is 10.8 Å². The number of benzene rings is 7. The van der Waals surface area contributed by atoms with Crippen LogP contribution in [0.1, 0.15) is 83.7 Å². The zero-order valence-electron chi connectivity index (χ0n) is 51.9. The van der Waals surface area contributed by atoms with Gasteiger partial charge in [0.2, 0.25) is 5.62 Å². The Labute approximate surface area is 546 Å². The second kappa shape index (κ2) is 35.7. The number of hydrogen-bond acceptors (Lipinski definition) is 18. The lowest BCUT2D eigenvalue weighted by Gasteiger charge is -2.34. The lowest BCUT2D eigenvalue weighted by atomic mass is 10.1. The number of nitrogens with zero attached hydrogens (tertiary/aromatic N) is 3. The van der Waals surface area contributed by atoms with Crippen LogP contribution in [0.15, 0.2) is 230 Å². The number of carbonyl (C=O) groups is 3. The van der Waals surface area contributed by atoms with E-state index in [4.69, 9.17) is 61.0 Å². The van der Waals surface area contributed by atoms with Crippen LogP contribution in [0.3, 0.4) is 0 Å². The molecule has 3 heterocycles. The van der Waals surface area contributed by atoms with E-state index in [0.29, 0.717) is 48.1 Å². The van der Waals surface area contributed by atoms with E-state index >= 15 is 9.13 Å². The van der Waals surface area contributed by atoms with Gasteiger partial charge in [0.25, 0.3) is 0 Å². The average molecular weight is 1320 g/mol. The van der Waals surface area contributed by atoms with Crippen LogP contribution in [0.5, 0.6) is 0 Å². The van der Waals surface area contributed by atoms with Gasteiger partial charge in [0, 0.05) is 19.3 Å². The molecule has 7 aromatic carbocycles. The highest BCUT2D eigenvalue weighted by Gasteiger charge is 2.58. The smallest absolute Gasteiger partial charge is 0.459 e. The molecule has 1 aromatic heterocycles. The number of esters is 1. The van der Waals surface area contributed by atoms with Crippen LogP contribution in [-0.2, 0) is 111 Å². The van der Waals surface area contributed by atoms with E-state index in [1.807, 2.05) is 212 Å². The highest BCUT2D eigenvalue weighted by atomic mass is 31.2. The van der Waals surface area contributed by atoms with Gasteiger partial charge in [-0.3, -0.25) is 33.0 Å². The summed E-state index contributed by atoms with van der Waals surface area (Å²) in [6, 6.07) is 64.6. The zero-order chi connectivity index (χ0) is 65.1. The largest absolute Gasteiger partial charge is 0.475 e. The Morgan fingerprint density at radius 3 is 1.48 bits per heavy atom. The molecule has 2 amide bonds. The Hall–Kier alpha value is -8.43. The summed E-state index contributed by atoms with van der Waals surface area (Å²) in [4.78, 5) is 50.5. The topological polar surface area (TPSA) is 241 Å². The number of amides is 2. The third kappa shape index (κ3) is 21.3. The zero-order valence-corrected chi connectivity index (χ0v) is 53.7. The molecule has 2 fully saturated rings. The predicted molar refractivity (Wildman–Crippen MR) is 349 cm³/mol. The summed E-state index contributed by atoms with van der Waals surface area (Å²) >= 11 is 0. The van der Waals surface area contributed by atoms with Crippen molar-refractivity contribution in [2.45, 2.75) is 121 Å². The fourth-order valence-electron chi connectivity index (χ4n) is 10.3. The maximum atomic E-state index is 16.6. The van der Waals surface area contributed by atoms with Gasteiger partial charge in [-0.1, -0.05) is 212 Å². The molecule has 0 bridgehead atoms. The summed E-state index contributed by atoms with van der Waals surface area (Å²) in [6.07, 6.45) is -2.03. The first kappa shape index (κ1) is 68.4. The number of aromatic nitrogens is 2. The highest BCUT2D eigenvalue weighted by molar-refractivity contribution is 7.54. The molecule has 10 rings (SSSR count). The van der Waals surface area contributed by atoms with Gasteiger partial charge >= 0.3 is 33.6 Å². The number of ether oxygens (including phenoxy) is 6. The van der Waals surface area contributed by atoms with Crippen molar-refractivity contribution in [1.82, 2.24) is 14.9 Å². The third-order valence-corrected chi connectivity index (χ3v) is 18.9. The molecule has 0 aliphatic carbocycles. The normalized spacial score (nSPS) is 17.8. The van der Waals surface area contributed by atoms with E-state index in [2.05, 4.69) is 10.6 Å². The van der Waals surface area contributed by atoms with Crippen LogP contribution in [0, 0.1) is 0 Å². The Balaban J connectivity index is 1.00. The monoisotopic (exact) mass is 1320 g/mol. The van der Waals surface area contributed by atoms with E-state index in [-0.39, 0.29) is 70.6 Å². The minimum absolute atomic E-state index is 0.000855.